The zero-order valence-electron chi connectivity index (χ0n) is 10.7. The van der Waals surface area contributed by atoms with E-state index < -0.39 is 17.5 Å². The maximum atomic E-state index is 3.96. The summed E-state index contributed by atoms with van der Waals surface area (Å²) in [6.45, 7) is 11.0. The molecule has 0 aromatic carbocycles. The zero-order valence-corrected chi connectivity index (χ0v) is 12.9. The monoisotopic (exact) mass is 231 g/mol. The van der Waals surface area contributed by atoms with Gasteiger partial charge in [-0.3, -0.25) is 0 Å². The van der Waals surface area contributed by atoms with Crippen LogP contribution in [0.15, 0.2) is 12.8 Å². The normalized spacial score (nSPS) is 14.6. The summed E-state index contributed by atoms with van der Waals surface area (Å²) in [5, 5.41) is 0. The third-order valence-electron chi connectivity index (χ3n) is 3.07. The topological polar surface area (TPSA) is 9.72 Å². The highest BCUT2D eigenvalue weighted by molar-refractivity contribution is 6.81. The predicted octanol–water partition coefficient (Wildman–Crippen LogP) is 1.11. The van der Waals surface area contributed by atoms with E-state index in [4.69, 9.17) is 0 Å². The Labute approximate surface area is 91.9 Å². The van der Waals surface area contributed by atoms with Crippen molar-refractivity contribution >= 4 is 17.5 Å². The second-order valence-electron chi connectivity index (χ2n) is 4.57. The molecule has 0 spiro atoms. The first kappa shape index (κ1) is 13.9. The van der Waals surface area contributed by atoms with Crippen LogP contribution in [-0.4, -0.2) is 59.1 Å². The molecule has 0 aliphatic heterocycles. The average molecular weight is 231 g/mol. The van der Waals surface area contributed by atoms with Crippen molar-refractivity contribution in [2.24, 2.45) is 0 Å². The molecule has 0 bridgehead atoms. The minimum absolute atomic E-state index is 1.00. The van der Waals surface area contributed by atoms with Crippen molar-refractivity contribution in [3.8, 4) is 0 Å². The molecule has 14 heavy (non-hydrogen) atoms. The molecule has 0 saturated heterocycles. The molecule has 0 saturated carbocycles. The van der Waals surface area contributed by atoms with Crippen LogP contribution in [0.4, 0.5) is 0 Å². The second kappa shape index (κ2) is 5.11. The van der Waals surface area contributed by atoms with Gasteiger partial charge in [0, 0.05) is 0 Å². The van der Waals surface area contributed by atoms with Gasteiger partial charge in [-0.05, 0) is 54.0 Å². The molecule has 0 fully saturated rings. The number of rotatable bonds is 5. The summed E-state index contributed by atoms with van der Waals surface area (Å²) in [5.74, 6) is 0. The molecule has 1 atom stereocenters. The van der Waals surface area contributed by atoms with Crippen LogP contribution in [0, 0.1) is 0 Å². The molecular formula is C9H25N3Si2. The molecule has 3 nitrogen and oxygen atoms in total. The van der Waals surface area contributed by atoms with Crippen molar-refractivity contribution in [1.82, 2.24) is 13.4 Å². The van der Waals surface area contributed by atoms with Crippen LogP contribution < -0.4 is 0 Å². The Kier molecular flexibility index (Phi) is 5.07. The molecule has 0 aromatic rings. The van der Waals surface area contributed by atoms with Gasteiger partial charge < -0.3 is 13.4 Å². The Morgan fingerprint density at radius 3 is 1.79 bits per heavy atom. The van der Waals surface area contributed by atoms with Gasteiger partial charge in [0.1, 0.15) is 0 Å². The number of hydrogen-bond donors (Lipinski definition) is 0. The Hall–Kier alpha value is -0.106. The molecule has 0 aliphatic carbocycles. The summed E-state index contributed by atoms with van der Waals surface area (Å²) in [5.41, 5.74) is 0. The van der Waals surface area contributed by atoms with E-state index >= 15 is 0 Å². The van der Waals surface area contributed by atoms with Crippen LogP contribution >= 0.6 is 0 Å². The predicted molar refractivity (Wildman–Crippen MR) is 69.9 cm³/mol. The zero-order chi connectivity index (χ0) is 11.5. The van der Waals surface area contributed by atoms with Crippen molar-refractivity contribution in [3.05, 3.63) is 12.8 Å². The largest absolute Gasteiger partial charge is 0.410 e. The molecule has 0 heterocycles. The van der Waals surface area contributed by atoms with Gasteiger partial charge in [-0.1, -0.05) is 6.58 Å². The average Bonchev–Trinajstić information content (AvgIpc) is 2.04. The fraction of sp³-hybridized carbons (Fsp3) is 0.778. The van der Waals surface area contributed by atoms with Gasteiger partial charge in [-0.25, -0.2) is 0 Å². The third kappa shape index (κ3) is 2.94. The van der Waals surface area contributed by atoms with Gasteiger partial charge in [0.2, 0.25) is 17.5 Å². The second-order valence-corrected chi connectivity index (χ2v) is 12.3. The summed E-state index contributed by atoms with van der Waals surface area (Å²) in [4.78, 5) is 0. The number of nitrogens with zero attached hydrogens (tertiary/aromatic N) is 3. The van der Waals surface area contributed by atoms with Gasteiger partial charge in [0.25, 0.3) is 0 Å². The smallest absolute Gasteiger partial charge is 0.220 e. The fourth-order valence-electron chi connectivity index (χ4n) is 1.31. The van der Waals surface area contributed by atoms with Gasteiger partial charge >= 0.3 is 0 Å². The molecule has 0 rings (SSSR count). The standard InChI is InChI=1S/C9H25N3Si2/c1-9-12(13(6)10(2)3)14(7,8)11(4)5/h9,13H,1H2,2-8H3. The van der Waals surface area contributed by atoms with Gasteiger partial charge in [-0.15, -0.1) is 0 Å². The maximum absolute atomic E-state index is 3.96. The lowest BCUT2D eigenvalue weighted by Gasteiger charge is -2.45. The highest BCUT2D eigenvalue weighted by Gasteiger charge is 2.34. The Morgan fingerprint density at radius 2 is 1.57 bits per heavy atom. The summed E-state index contributed by atoms with van der Waals surface area (Å²) in [6.07, 6.45) is 2.03. The van der Waals surface area contributed by atoms with Gasteiger partial charge in [0.15, 0.2) is 0 Å². The lowest BCUT2D eigenvalue weighted by atomic mass is 11.1. The molecule has 5 heteroatoms. The van der Waals surface area contributed by atoms with Crippen LogP contribution in [0.1, 0.15) is 0 Å². The Bertz CT molecular complexity index is 192. The van der Waals surface area contributed by atoms with Crippen LogP contribution in [0.2, 0.25) is 19.6 Å². The van der Waals surface area contributed by atoms with E-state index in [1.165, 1.54) is 0 Å². The van der Waals surface area contributed by atoms with Crippen LogP contribution in [0.3, 0.4) is 0 Å². The van der Waals surface area contributed by atoms with Crippen LogP contribution in [0.5, 0.6) is 0 Å². The summed E-state index contributed by atoms with van der Waals surface area (Å²) in [7, 11) is 6.18. The van der Waals surface area contributed by atoms with E-state index in [1.54, 1.807) is 0 Å². The first-order valence-electron chi connectivity index (χ1n) is 5.00. The molecule has 0 amide bonds. The molecule has 0 N–H and O–H groups in total. The van der Waals surface area contributed by atoms with Crippen LogP contribution in [-0.2, 0) is 0 Å². The summed E-state index contributed by atoms with van der Waals surface area (Å²) < 4.78 is 7.23. The minimum Gasteiger partial charge on any atom is -0.410 e. The van der Waals surface area contributed by atoms with E-state index in [9.17, 15) is 0 Å². The maximum Gasteiger partial charge on any atom is 0.220 e. The van der Waals surface area contributed by atoms with E-state index in [0.717, 1.165) is 0 Å². The van der Waals surface area contributed by atoms with Crippen molar-refractivity contribution in [2.45, 2.75) is 19.6 Å². The van der Waals surface area contributed by atoms with Gasteiger partial charge in [-0.2, -0.15) is 0 Å². The molecule has 1 unspecified atom stereocenters. The highest BCUT2D eigenvalue weighted by Crippen LogP contribution is 2.15. The van der Waals surface area contributed by atoms with Crippen molar-refractivity contribution < 1.29 is 0 Å². The lowest BCUT2D eigenvalue weighted by molar-refractivity contribution is 0.528. The van der Waals surface area contributed by atoms with E-state index in [2.05, 4.69) is 67.8 Å². The van der Waals surface area contributed by atoms with Crippen molar-refractivity contribution in [1.29, 1.82) is 0 Å². The minimum atomic E-state index is -1.47. The lowest BCUT2D eigenvalue weighted by Crippen LogP contribution is -2.64. The van der Waals surface area contributed by atoms with E-state index in [-0.39, 0.29) is 0 Å². The van der Waals surface area contributed by atoms with Gasteiger partial charge in [0.05, 0.1) is 0 Å². The fourth-order valence-corrected chi connectivity index (χ4v) is 8.07. The SMILES string of the molecule is C=CN([SiH](C)N(C)C)[Si](C)(C)N(C)C. The number of hydrogen-bond acceptors (Lipinski definition) is 3. The van der Waals surface area contributed by atoms with Crippen molar-refractivity contribution in [2.75, 3.05) is 28.2 Å². The first-order valence-corrected chi connectivity index (χ1v) is 10.1. The van der Waals surface area contributed by atoms with E-state index in [0.29, 0.717) is 0 Å². The van der Waals surface area contributed by atoms with Crippen LogP contribution in [0.25, 0.3) is 0 Å². The molecule has 0 aromatic heterocycles. The third-order valence-corrected chi connectivity index (χ3v) is 12.2. The highest BCUT2D eigenvalue weighted by atomic mass is 28.4. The molecular weight excluding hydrogens is 206 g/mol. The summed E-state index contributed by atoms with van der Waals surface area (Å²) >= 11 is 0. The van der Waals surface area contributed by atoms with Crippen molar-refractivity contribution in [3.63, 3.8) is 0 Å². The Morgan fingerprint density at radius 1 is 1.14 bits per heavy atom. The first-order chi connectivity index (χ1) is 6.25. The quantitative estimate of drug-likeness (QED) is 0.656. The molecule has 0 radical (unpaired) electrons. The Balaban J connectivity index is 4.79. The summed E-state index contributed by atoms with van der Waals surface area (Å²) in [6, 6.07) is 0. The molecule has 0 aliphatic rings. The van der Waals surface area contributed by atoms with E-state index in [1.807, 2.05) is 6.20 Å². The molecule has 84 valence electrons.